The van der Waals surface area contributed by atoms with E-state index in [2.05, 4.69) is 5.18 Å². The molecule has 0 bridgehead atoms. The van der Waals surface area contributed by atoms with Gasteiger partial charge in [-0.25, -0.2) is 0 Å². The molecule has 0 saturated carbocycles. The molecule has 0 amide bonds. The summed E-state index contributed by atoms with van der Waals surface area (Å²) in [7, 11) is 0. The van der Waals surface area contributed by atoms with E-state index in [1.54, 1.807) is 0 Å². The van der Waals surface area contributed by atoms with Gasteiger partial charge in [0.25, 0.3) is 0 Å². The molecule has 4 nitrogen and oxygen atoms in total. The lowest BCUT2D eigenvalue weighted by molar-refractivity contribution is 0.648. The van der Waals surface area contributed by atoms with E-state index in [1.165, 1.54) is 0 Å². The lowest BCUT2D eigenvalue weighted by atomic mass is 10.4. The van der Waals surface area contributed by atoms with Crippen molar-refractivity contribution in [3.63, 3.8) is 0 Å². The van der Waals surface area contributed by atoms with Crippen LogP contribution in [-0.2, 0) is 0 Å². The minimum absolute atomic E-state index is 0.220. The summed E-state index contributed by atoms with van der Waals surface area (Å²) in [5.41, 5.74) is 10.1. The van der Waals surface area contributed by atoms with Crippen LogP contribution >= 0.6 is 0 Å². The Morgan fingerprint density at radius 3 is 2.29 bits per heavy atom. The van der Waals surface area contributed by atoms with Gasteiger partial charge in [0.05, 0.1) is 12.7 Å². The molecule has 4 heteroatoms. The quantitative estimate of drug-likeness (QED) is 0.369. The lowest BCUT2D eigenvalue weighted by Crippen LogP contribution is -2.30. The first-order chi connectivity index (χ1) is 3.27. The van der Waals surface area contributed by atoms with Crippen molar-refractivity contribution in [2.45, 2.75) is 12.6 Å². The molecule has 0 atom stereocenters. The highest BCUT2D eigenvalue weighted by Gasteiger charge is 1.89. The standard InChI is InChI=1S/C3H9N3O/c4-3(5)1-2-6-7/h3H,1-2,4-5H2. The van der Waals surface area contributed by atoms with E-state index in [0.717, 1.165) is 0 Å². The zero-order valence-electron chi connectivity index (χ0n) is 4.00. The number of nitroso groups, excluding NO2 is 1. The van der Waals surface area contributed by atoms with Crippen LogP contribution in [0.3, 0.4) is 0 Å². The summed E-state index contributed by atoms with van der Waals surface area (Å²) in [5, 5.41) is 2.57. The fraction of sp³-hybridized carbons (Fsp3) is 1.00. The molecule has 0 aliphatic rings. The van der Waals surface area contributed by atoms with E-state index < -0.39 is 6.17 Å². The third-order valence-electron chi connectivity index (χ3n) is 0.554. The molecule has 42 valence electrons. The van der Waals surface area contributed by atoms with Crippen molar-refractivity contribution < 1.29 is 0 Å². The summed E-state index contributed by atoms with van der Waals surface area (Å²) in [6.07, 6.45) is 0.0847. The summed E-state index contributed by atoms with van der Waals surface area (Å²) < 4.78 is 0. The summed E-state index contributed by atoms with van der Waals surface area (Å²) in [4.78, 5) is 9.35. The van der Waals surface area contributed by atoms with E-state index >= 15 is 0 Å². The molecule has 0 aromatic carbocycles. The van der Waals surface area contributed by atoms with Crippen molar-refractivity contribution in [1.29, 1.82) is 0 Å². The van der Waals surface area contributed by atoms with Crippen LogP contribution in [-0.4, -0.2) is 12.7 Å². The minimum Gasteiger partial charge on any atom is -0.316 e. The smallest absolute Gasteiger partial charge is 0.0838 e. The normalized spacial score (nSPS) is 9.57. The molecular weight excluding hydrogens is 94.1 g/mol. The van der Waals surface area contributed by atoms with Crippen molar-refractivity contribution in [2.24, 2.45) is 16.6 Å². The zero-order chi connectivity index (χ0) is 5.70. The SMILES string of the molecule is NC(N)CCN=O. The van der Waals surface area contributed by atoms with Crippen LogP contribution < -0.4 is 11.5 Å². The highest BCUT2D eigenvalue weighted by Crippen LogP contribution is 1.77. The number of nitrogens with two attached hydrogens (primary N) is 2. The Morgan fingerprint density at radius 1 is 1.57 bits per heavy atom. The van der Waals surface area contributed by atoms with E-state index in [9.17, 15) is 4.91 Å². The Kier molecular flexibility index (Phi) is 3.45. The zero-order valence-corrected chi connectivity index (χ0v) is 4.00. The molecule has 0 spiro atoms. The van der Waals surface area contributed by atoms with Crippen LogP contribution in [0.25, 0.3) is 0 Å². The van der Waals surface area contributed by atoms with Crippen molar-refractivity contribution in [3.8, 4) is 0 Å². The topological polar surface area (TPSA) is 81.5 Å². The number of nitrogens with zero attached hydrogens (tertiary/aromatic N) is 1. The van der Waals surface area contributed by atoms with Crippen molar-refractivity contribution in [1.82, 2.24) is 0 Å². The van der Waals surface area contributed by atoms with Crippen LogP contribution in [0.2, 0.25) is 0 Å². The first-order valence-corrected chi connectivity index (χ1v) is 2.07. The van der Waals surface area contributed by atoms with Gasteiger partial charge in [-0.05, 0) is 6.42 Å². The number of hydrogen-bond donors (Lipinski definition) is 2. The highest BCUT2D eigenvalue weighted by atomic mass is 16.3. The molecule has 0 heterocycles. The molecule has 0 aromatic rings. The second-order valence-electron chi connectivity index (χ2n) is 1.31. The Morgan fingerprint density at radius 2 is 2.14 bits per heavy atom. The third-order valence-corrected chi connectivity index (χ3v) is 0.554. The Balaban J connectivity index is 2.81. The van der Waals surface area contributed by atoms with Gasteiger partial charge in [-0.2, -0.15) is 4.91 Å². The molecule has 7 heavy (non-hydrogen) atoms. The fourth-order valence-electron chi connectivity index (χ4n) is 0.202. The predicted molar refractivity (Wildman–Crippen MR) is 27.4 cm³/mol. The maximum Gasteiger partial charge on any atom is 0.0838 e. The van der Waals surface area contributed by atoms with Gasteiger partial charge >= 0.3 is 0 Å². The Labute approximate surface area is 41.8 Å². The largest absolute Gasteiger partial charge is 0.316 e. The average molecular weight is 103 g/mol. The fourth-order valence-corrected chi connectivity index (χ4v) is 0.202. The monoisotopic (exact) mass is 103 g/mol. The van der Waals surface area contributed by atoms with E-state index in [4.69, 9.17) is 11.5 Å². The van der Waals surface area contributed by atoms with Crippen LogP contribution in [0.5, 0.6) is 0 Å². The van der Waals surface area contributed by atoms with Crippen molar-refractivity contribution in [3.05, 3.63) is 4.91 Å². The number of rotatable bonds is 3. The molecule has 0 fully saturated rings. The second-order valence-corrected chi connectivity index (χ2v) is 1.31. The maximum atomic E-state index is 9.35. The molecule has 0 unspecified atom stereocenters. The van der Waals surface area contributed by atoms with Gasteiger partial charge in [0, 0.05) is 0 Å². The summed E-state index contributed by atoms with van der Waals surface area (Å²) in [5.74, 6) is 0. The van der Waals surface area contributed by atoms with Crippen molar-refractivity contribution >= 4 is 0 Å². The van der Waals surface area contributed by atoms with Crippen molar-refractivity contribution in [2.75, 3.05) is 6.54 Å². The molecule has 0 aromatic heterocycles. The van der Waals surface area contributed by atoms with Crippen LogP contribution in [0.4, 0.5) is 0 Å². The summed E-state index contributed by atoms with van der Waals surface area (Å²) >= 11 is 0. The molecule has 0 radical (unpaired) electrons. The highest BCUT2D eigenvalue weighted by molar-refractivity contribution is 4.51. The van der Waals surface area contributed by atoms with E-state index in [1.807, 2.05) is 0 Å². The van der Waals surface area contributed by atoms with Gasteiger partial charge in [-0.3, -0.25) is 0 Å². The van der Waals surface area contributed by atoms with E-state index in [-0.39, 0.29) is 6.54 Å². The molecule has 0 aliphatic heterocycles. The predicted octanol–water partition coefficient (Wildman–Crippen LogP) is -0.614. The molecular formula is C3H9N3O. The second kappa shape index (κ2) is 3.70. The van der Waals surface area contributed by atoms with Crippen LogP contribution in [0.1, 0.15) is 6.42 Å². The van der Waals surface area contributed by atoms with Crippen LogP contribution in [0, 0.1) is 4.91 Å². The maximum absolute atomic E-state index is 9.35. The van der Waals surface area contributed by atoms with Gasteiger partial charge in [0.2, 0.25) is 0 Å². The van der Waals surface area contributed by atoms with Gasteiger partial charge in [0.1, 0.15) is 0 Å². The van der Waals surface area contributed by atoms with Gasteiger partial charge in [-0.1, -0.05) is 5.18 Å². The molecule has 0 saturated heterocycles. The molecule has 0 aliphatic carbocycles. The summed E-state index contributed by atoms with van der Waals surface area (Å²) in [6, 6.07) is 0. The van der Waals surface area contributed by atoms with Crippen LogP contribution in [0.15, 0.2) is 5.18 Å². The summed E-state index contributed by atoms with van der Waals surface area (Å²) in [6.45, 7) is 0.220. The van der Waals surface area contributed by atoms with E-state index in [0.29, 0.717) is 6.42 Å². The number of hydrogen-bond acceptors (Lipinski definition) is 4. The molecule has 0 rings (SSSR count). The Hall–Kier alpha value is -0.480. The average Bonchev–Trinajstić information content (AvgIpc) is 1.61. The first kappa shape index (κ1) is 6.52. The molecule has 4 N–H and O–H groups in total. The third kappa shape index (κ3) is 5.52. The Bertz CT molecular complexity index is 54.1. The lowest BCUT2D eigenvalue weighted by Gasteiger charge is -1.96. The van der Waals surface area contributed by atoms with Gasteiger partial charge < -0.3 is 11.5 Å². The van der Waals surface area contributed by atoms with Gasteiger partial charge in [-0.15, -0.1) is 0 Å². The van der Waals surface area contributed by atoms with Gasteiger partial charge in [0.15, 0.2) is 0 Å². The first-order valence-electron chi connectivity index (χ1n) is 2.07. The minimum atomic E-state index is -0.391.